The summed E-state index contributed by atoms with van der Waals surface area (Å²) in [5.41, 5.74) is 8.11. The molecule has 0 aliphatic rings. The lowest BCUT2D eigenvalue weighted by Gasteiger charge is -2.13. The van der Waals surface area contributed by atoms with Crippen molar-refractivity contribution in [2.45, 2.75) is 18.9 Å². The number of nitrogens with one attached hydrogen (secondary N) is 1. The summed E-state index contributed by atoms with van der Waals surface area (Å²) in [6.45, 7) is 0.425. The van der Waals surface area contributed by atoms with Crippen LogP contribution in [0.4, 0.5) is 0 Å². The van der Waals surface area contributed by atoms with Crippen molar-refractivity contribution in [1.29, 1.82) is 0 Å². The molecule has 0 saturated carbocycles. The Balaban J connectivity index is 1.81. The zero-order chi connectivity index (χ0) is 17.4. The fourth-order valence-corrected chi connectivity index (χ4v) is 2.42. The van der Waals surface area contributed by atoms with Crippen molar-refractivity contribution in [1.82, 2.24) is 5.32 Å². The van der Waals surface area contributed by atoms with E-state index < -0.39 is 0 Å². The zero-order valence-corrected chi connectivity index (χ0v) is 14.1. The predicted octanol–water partition coefficient (Wildman–Crippen LogP) is 2.45. The quantitative estimate of drug-likeness (QED) is 0.781. The van der Waals surface area contributed by atoms with Crippen LogP contribution in [0.2, 0.25) is 0 Å². The Hall–Kier alpha value is -2.53. The van der Waals surface area contributed by atoms with Crippen molar-refractivity contribution < 1.29 is 14.3 Å². The minimum atomic E-state index is -0.198. The van der Waals surface area contributed by atoms with E-state index in [-0.39, 0.29) is 11.9 Å². The summed E-state index contributed by atoms with van der Waals surface area (Å²) in [4.78, 5) is 12.0. The topological polar surface area (TPSA) is 73.6 Å². The van der Waals surface area contributed by atoms with Crippen LogP contribution in [0.25, 0.3) is 0 Å². The van der Waals surface area contributed by atoms with Gasteiger partial charge in [0.25, 0.3) is 0 Å². The fourth-order valence-electron chi connectivity index (χ4n) is 2.42. The molecule has 2 aromatic rings. The minimum Gasteiger partial charge on any atom is -0.493 e. The Morgan fingerprint density at radius 2 is 1.79 bits per heavy atom. The summed E-state index contributed by atoms with van der Waals surface area (Å²) < 4.78 is 10.5. The second kappa shape index (κ2) is 8.93. The number of rotatable bonds is 8. The molecule has 3 N–H and O–H groups in total. The number of hydrogen-bond acceptors (Lipinski definition) is 4. The summed E-state index contributed by atoms with van der Waals surface area (Å²) in [6, 6.07) is 15.2. The van der Waals surface area contributed by atoms with Crippen molar-refractivity contribution >= 4 is 5.91 Å². The van der Waals surface area contributed by atoms with E-state index in [1.54, 1.807) is 14.2 Å². The number of benzene rings is 2. The average Bonchev–Trinajstić information content (AvgIpc) is 2.64. The highest BCUT2D eigenvalue weighted by atomic mass is 16.5. The van der Waals surface area contributed by atoms with E-state index in [0.29, 0.717) is 30.9 Å². The lowest BCUT2D eigenvalue weighted by molar-refractivity contribution is -0.121. The van der Waals surface area contributed by atoms with Crippen molar-refractivity contribution in [2.75, 3.05) is 20.8 Å². The number of amides is 1. The van der Waals surface area contributed by atoms with Crippen LogP contribution in [-0.2, 0) is 11.2 Å². The van der Waals surface area contributed by atoms with E-state index in [0.717, 1.165) is 11.1 Å². The molecule has 0 radical (unpaired) electrons. The number of methoxy groups -OCH3 is 2. The van der Waals surface area contributed by atoms with Gasteiger partial charge in [0.15, 0.2) is 11.5 Å². The van der Waals surface area contributed by atoms with Gasteiger partial charge in [-0.3, -0.25) is 4.79 Å². The number of ether oxygens (including phenoxy) is 2. The number of aryl methyl sites for hydroxylation is 1. The highest BCUT2D eigenvalue weighted by molar-refractivity contribution is 5.76. The number of hydrogen-bond donors (Lipinski definition) is 2. The molecule has 24 heavy (non-hydrogen) atoms. The van der Waals surface area contributed by atoms with Crippen LogP contribution >= 0.6 is 0 Å². The normalized spacial score (nSPS) is 11.6. The highest BCUT2D eigenvalue weighted by Gasteiger charge is 2.09. The lowest BCUT2D eigenvalue weighted by atomic mass is 10.1. The molecule has 1 amide bonds. The average molecular weight is 328 g/mol. The standard InChI is InChI=1S/C19H24N2O3/c1-23-17-10-8-14(12-18(17)24-2)9-11-19(22)21-13-16(20)15-6-4-3-5-7-15/h3-8,10,12,16H,9,11,13,20H2,1-2H3,(H,21,22). The fraction of sp³-hybridized carbons (Fsp3) is 0.316. The Bertz CT molecular complexity index is 659. The third-order valence-electron chi connectivity index (χ3n) is 3.84. The first-order valence-electron chi connectivity index (χ1n) is 7.92. The molecule has 0 spiro atoms. The first kappa shape index (κ1) is 17.8. The van der Waals surface area contributed by atoms with E-state index >= 15 is 0 Å². The van der Waals surface area contributed by atoms with Gasteiger partial charge in [-0.05, 0) is 29.7 Å². The van der Waals surface area contributed by atoms with Crippen LogP contribution in [0.15, 0.2) is 48.5 Å². The predicted molar refractivity (Wildman–Crippen MR) is 94.2 cm³/mol. The van der Waals surface area contributed by atoms with E-state index in [1.165, 1.54) is 0 Å². The van der Waals surface area contributed by atoms with Crippen LogP contribution < -0.4 is 20.5 Å². The molecule has 0 bridgehead atoms. The Kier molecular flexibility index (Phi) is 6.63. The van der Waals surface area contributed by atoms with Gasteiger partial charge in [-0.25, -0.2) is 0 Å². The van der Waals surface area contributed by atoms with Crippen molar-refractivity contribution in [3.8, 4) is 11.5 Å². The summed E-state index contributed by atoms with van der Waals surface area (Å²) in [6.07, 6.45) is 1.03. The van der Waals surface area contributed by atoms with Crippen molar-refractivity contribution in [3.63, 3.8) is 0 Å². The van der Waals surface area contributed by atoms with E-state index in [1.807, 2.05) is 48.5 Å². The maximum atomic E-state index is 12.0. The highest BCUT2D eigenvalue weighted by Crippen LogP contribution is 2.27. The summed E-state index contributed by atoms with van der Waals surface area (Å²) in [5, 5.41) is 2.88. The number of carbonyl (C=O) groups excluding carboxylic acids is 1. The third kappa shape index (κ3) is 4.99. The van der Waals surface area contributed by atoms with Crippen molar-refractivity contribution in [3.05, 3.63) is 59.7 Å². The minimum absolute atomic E-state index is 0.0174. The lowest BCUT2D eigenvalue weighted by Crippen LogP contribution is -2.32. The van der Waals surface area contributed by atoms with Crippen LogP contribution in [0.1, 0.15) is 23.6 Å². The Labute approximate surface area is 142 Å². The smallest absolute Gasteiger partial charge is 0.220 e. The molecule has 0 saturated heterocycles. The zero-order valence-electron chi connectivity index (χ0n) is 14.1. The monoisotopic (exact) mass is 328 g/mol. The van der Waals surface area contributed by atoms with Crippen LogP contribution in [0.5, 0.6) is 11.5 Å². The van der Waals surface area contributed by atoms with Gasteiger partial charge < -0.3 is 20.5 Å². The van der Waals surface area contributed by atoms with Gasteiger partial charge in [0.1, 0.15) is 0 Å². The van der Waals surface area contributed by atoms with Gasteiger partial charge in [-0.2, -0.15) is 0 Å². The molecule has 0 heterocycles. The molecule has 1 unspecified atom stereocenters. The first-order chi connectivity index (χ1) is 11.6. The second-order valence-electron chi connectivity index (χ2n) is 5.51. The molecular formula is C19H24N2O3. The molecular weight excluding hydrogens is 304 g/mol. The molecule has 0 aliphatic carbocycles. The summed E-state index contributed by atoms with van der Waals surface area (Å²) in [7, 11) is 3.19. The Morgan fingerprint density at radius 1 is 1.08 bits per heavy atom. The van der Waals surface area contributed by atoms with Gasteiger partial charge in [0, 0.05) is 19.0 Å². The van der Waals surface area contributed by atoms with Gasteiger partial charge in [0.05, 0.1) is 14.2 Å². The van der Waals surface area contributed by atoms with Gasteiger partial charge >= 0.3 is 0 Å². The largest absolute Gasteiger partial charge is 0.493 e. The Morgan fingerprint density at radius 3 is 2.46 bits per heavy atom. The first-order valence-corrected chi connectivity index (χ1v) is 7.92. The summed E-state index contributed by atoms with van der Waals surface area (Å²) >= 11 is 0. The van der Waals surface area contributed by atoms with Crippen LogP contribution in [0, 0.1) is 0 Å². The van der Waals surface area contributed by atoms with Gasteiger partial charge in [-0.15, -0.1) is 0 Å². The molecule has 0 fully saturated rings. The maximum Gasteiger partial charge on any atom is 0.220 e. The molecule has 2 aromatic carbocycles. The van der Waals surface area contributed by atoms with Crippen molar-refractivity contribution in [2.24, 2.45) is 5.73 Å². The maximum absolute atomic E-state index is 12.0. The molecule has 0 aliphatic heterocycles. The molecule has 5 heteroatoms. The molecule has 128 valence electrons. The molecule has 2 rings (SSSR count). The van der Waals surface area contributed by atoms with E-state index in [4.69, 9.17) is 15.2 Å². The van der Waals surface area contributed by atoms with E-state index in [9.17, 15) is 4.79 Å². The third-order valence-corrected chi connectivity index (χ3v) is 3.84. The van der Waals surface area contributed by atoms with Crippen LogP contribution in [0.3, 0.4) is 0 Å². The SMILES string of the molecule is COc1ccc(CCC(=O)NCC(N)c2ccccc2)cc1OC. The number of nitrogens with two attached hydrogens (primary N) is 1. The summed E-state index contributed by atoms with van der Waals surface area (Å²) in [5.74, 6) is 1.33. The van der Waals surface area contributed by atoms with Gasteiger partial charge in [0.2, 0.25) is 5.91 Å². The molecule has 5 nitrogen and oxygen atoms in total. The molecule has 0 aromatic heterocycles. The second-order valence-corrected chi connectivity index (χ2v) is 5.51. The van der Waals surface area contributed by atoms with E-state index in [2.05, 4.69) is 5.32 Å². The van der Waals surface area contributed by atoms with Crippen LogP contribution in [-0.4, -0.2) is 26.7 Å². The number of carbonyl (C=O) groups is 1. The van der Waals surface area contributed by atoms with Gasteiger partial charge in [-0.1, -0.05) is 36.4 Å². The molecule has 1 atom stereocenters.